The van der Waals surface area contributed by atoms with Gasteiger partial charge >= 0.3 is 0 Å². The molecule has 1 saturated heterocycles. The summed E-state index contributed by atoms with van der Waals surface area (Å²) < 4.78 is 5.64. The Kier molecular flexibility index (Phi) is 6.14. The maximum absolute atomic E-state index is 9.99. The van der Waals surface area contributed by atoms with Crippen molar-refractivity contribution in [2.24, 2.45) is 5.92 Å². The molecule has 104 valence electrons. The van der Waals surface area contributed by atoms with Crippen LogP contribution >= 0.6 is 0 Å². The van der Waals surface area contributed by atoms with E-state index in [9.17, 15) is 5.11 Å². The van der Waals surface area contributed by atoms with Gasteiger partial charge in [0.15, 0.2) is 0 Å². The SMILES string of the molecule is C#C[C@](C)(CC)OC[C@H](O)CN1CCC(C)CC1. The fourth-order valence-corrected chi connectivity index (χ4v) is 2.12. The second kappa shape index (κ2) is 7.13. The van der Waals surface area contributed by atoms with E-state index in [-0.39, 0.29) is 0 Å². The number of terminal acetylenes is 1. The van der Waals surface area contributed by atoms with Crippen LogP contribution in [0, 0.1) is 18.3 Å². The van der Waals surface area contributed by atoms with Crippen LogP contribution in [0.25, 0.3) is 0 Å². The maximum Gasteiger partial charge on any atom is 0.125 e. The van der Waals surface area contributed by atoms with E-state index in [1.165, 1.54) is 12.8 Å². The molecule has 0 unspecified atom stereocenters. The summed E-state index contributed by atoms with van der Waals surface area (Å²) in [4.78, 5) is 2.31. The van der Waals surface area contributed by atoms with Gasteiger partial charge in [0.1, 0.15) is 5.60 Å². The first-order valence-electron chi connectivity index (χ1n) is 7.01. The van der Waals surface area contributed by atoms with E-state index in [2.05, 4.69) is 17.7 Å². The largest absolute Gasteiger partial charge is 0.389 e. The predicted molar refractivity (Wildman–Crippen MR) is 74.3 cm³/mol. The smallest absolute Gasteiger partial charge is 0.125 e. The lowest BCUT2D eigenvalue weighted by Gasteiger charge is -2.32. The summed E-state index contributed by atoms with van der Waals surface area (Å²) in [5.74, 6) is 3.46. The van der Waals surface area contributed by atoms with E-state index in [0.29, 0.717) is 13.2 Å². The Balaban J connectivity index is 2.25. The molecule has 0 spiro atoms. The number of hydrogen-bond acceptors (Lipinski definition) is 3. The lowest BCUT2D eigenvalue weighted by Crippen LogP contribution is -2.41. The van der Waals surface area contributed by atoms with Crippen LogP contribution < -0.4 is 0 Å². The van der Waals surface area contributed by atoms with Crippen LogP contribution in [-0.4, -0.2) is 48.0 Å². The molecule has 1 fully saturated rings. The maximum atomic E-state index is 9.99. The molecule has 0 amide bonds. The van der Waals surface area contributed by atoms with Gasteiger partial charge in [0.25, 0.3) is 0 Å². The Bertz CT molecular complexity index is 279. The van der Waals surface area contributed by atoms with Crippen LogP contribution in [0.2, 0.25) is 0 Å². The molecule has 0 aliphatic carbocycles. The number of β-amino-alcohol motifs (C(OH)–C–C–N with tert-alkyl or cyclic N) is 1. The van der Waals surface area contributed by atoms with Crippen LogP contribution in [0.5, 0.6) is 0 Å². The minimum atomic E-state index is -0.544. The van der Waals surface area contributed by atoms with Gasteiger partial charge < -0.3 is 14.7 Å². The third-order valence-corrected chi connectivity index (χ3v) is 3.92. The first-order valence-corrected chi connectivity index (χ1v) is 7.01. The Morgan fingerprint density at radius 2 is 2.11 bits per heavy atom. The lowest BCUT2D eigenvalue weighted by atomic mass is 9.99. The summed E-state index contributed by atoms with van der Waals surface area (Å²) in [6.07, 6.45) is 8.20. The van der Waals surface area contributed by atoms with E-state index in [1.807, 2.05) is 13.8 Å². The summed E-state index contributed by atoms with van der Waals surface area (Å²) in [6, 6.07) is 0. The van der Waals surface area contributed by atoms with Crippen LogP contribution in [0.15, 0.2) is 0 Å². The zero-order valence-electron chi connectivity index (χ0n) is 12.0. The minimum Gasteiger partial charge on any atom is -0.389 e. The monoisotopic (exact) mass is 253 g/mol. The second-order valence-corrected chi connectivity index (χ2v) is 5.68. The summed E-state index contributed by atoms with van der Waals surface area (Å²) >= 11 is 0. The van der Waals surface area contributed by atoms with Crippen LogP contribution in [-0.2, 0) is 4.74 Å². The quantitative estimate of drug-likeness (QED) is 0.734. The van der Waals surface area contributed by atoms with Gasteiger partial charge in [0.2, 0.25) is 0 Å². The molecule has 0 aromatic heterocycles. The first kappa shape index (κ1) is 15.5. The van der Waals surface area contributed by atoms with Gasteiger partial charge in [-0.1, -0.05) is 19.8 Å². The van der Waals surface area contributed by atoms with Crippen molar-refractivity contribution < 1.29 is 9.84 Å². The number of likely N-dealkylation sites (tertiary alicyclic amines) is 1. The molecular formula is C15H27NO2. The lowest BCUT2D eigenvalue weighted by molar-refractivity contribution is -0.0489. The van der Waals surface area contributed by atoms with Gasteiger partial charge in [-0.15, -0.1) is 6.42 Å². The molecule has 3 nitrogen and oxygen atoms in total. The Morgan fingerprint density at radius 3 is 2.61 bits per heavy atom. The topological polar surface area (TPSA) is 32.7 Å². The number of ether oxygens (including phenoxy) is 1. The molecule has 1 aliphatic rings. The molecule has 1 N–H and O–H groups in total. The molecule has 1 aliphatic heterocycles. The normalized spacial score (nSPS) is 23.3. The van der Waals surface area contributed by atoms with Crippen molar-refractivity contribution in [1.29, 1.82) is 0 Å². The second-order valence-electron chi connectivity index (χ2n) is 5.68. The molecule has 2 atom stereocenters. The summed E-state index contributed by atoms with van der Waals surface area (Å²) in [6.45, 7) is 9.35. The molecule has 0 aromatic carbocycles. The van der Waals surface area contributed by atoms with E-state index < -0.39 is 11.7 Å². The molecular weight excluding hydrogens is 226 g/mol. The van der Waals surface area contributed by atoms with Crippen molar-refractivity contribution in [3.63, 3.8) is 0 Å². The fourth-order valence-electron chi connectivity index (χ4n) is 2.12. The zero-order chi connectivity index (χ0) is 13.6. The third-order valence-electron chi connectivity index (χ3n) is 3.92. The van der Waals surface area contributed by atoms with Crippen molar-refractivity contribution in [2.75, 3.05) is 26.2 Å². The van der Waals surface area contributed by atoms with E-state index in [4.69, 9.17) is 11.2 Å². The molecule has 0 aromatic rings. The van der Waals surface area contributed by atoms with Crippen molar-refractivity contribution in [2.45, 2.75) is 51.7 Å². The Morgan fingerprint density at radius 1 is 1.50 bits per heavy atom. The van der Waals surface area contributed by atoms with Crippen LogP contribution in [0.3, 0.4) is 0 Å². The molecule has 0 radical (unpaired) electrons. The molecule has 1 heterocycles. The van der Waals surface area contributed by atoms with Gasteiger partial charge in [-0.3, -0.25) is 0 Å². The van der Waals surface area contributed by atoms with Crippen LogP contribution in [0.1, 0.15) is 40.0 Å². The number of aliphatic hydroxyl groups is 1. The van der Waals surface area contributed by atoms with E-state index >= 15 is 0 Å². The number of rotatable bonds is 6. The number of nitrogens with zero attached hydrogens (tertiary/aromatic N) is 1. The number of hydrogen-bond donors (Lipinski definition) is 1. The van der Waals surface area contributed by atoms with Gasteiger partial charge in [0.05, 0.1) is 12.7 Å². The summed E-state index contributed by atoms with van der Waals surface area (Å²) in [7, 11) is 0. The molecule has 3 heteroatoms. The summed E-state index contributed by atoms with van der Waals surface area (Å²) in [5.41, 5.74) is -0.544. The Labute approximate surface area is 112 Å². The Hall–Kier alpha value is -0.560. The number of piperidine rings is 1. The highest BCUT2D eigenvalue weighted by Crippen LogP contribution is 2.17. The molecule has 18 heavy (non-hydrogen) atoms. The highest BCUT2D eigenvalue weighted by atomic mass is 16.5. The first-order chi connectivity index (χ1) is 8.49. The van der Waals surface area contributed by atoms with Crippen molar-refractivity contribution in [1.82, 2.24) is 4.90 Å². The summed E-state index contributed by atoms with van der Waals surface area (Å²) in [5, 5.41) is 9.99. The van der Waals surface area contributed by atoms with Gasteiger partial charge in [0, 0.05) is 6.54 Å². The third kappa shape index (κ3) is 4.97. The standard InChI is InChI=1S/C15H27NO2/c1-5-15(4,6-2)18-12-14(17)11-16-9-7-13(3)8-10-16/h1,13-14,17H,6-12H2,2-4H3/t14-,15-/m1/s1. The zero-order valence-corrected chi connectivity index (χ0v) is 12.0. The molecule has 0 bridgehead atoms. The highest BCUT2D eigenvalue weighted by molar-refractivity contribution is 5.05. The van der Waals surface area contributed by atoms with Gasteiger partial charge in [-0.05, 0) is 45.2 Å². The van der Waals surface area contributed by atoms with E-state index in [1.54, 1.807) is 0 Å². The number of aliphatic hydroxyl groups excluding tert-OH is 1. The minimum absolute atomic E-state index is 0.320. The van der Waals surface area contributed by atoms with Crippen LogP contribution in [0.4, 0.5) is 0 Å². The average molecular weight is 253 g/mol. The van der Waals surface area contributed by atoms with E-state index in [0.717, 1.165) is 25.4 Å². The fraction of sp³-hybridized carbons (Fsp3) is 0.867. The molecule has 1 rings (SSSR count). The molecule has 0 saturated carbocycles. The highest BCUT2D eigenvalue weighted by Gasteiger charge is 2.23. The average Bonchev–Trinajstić information content (AvgIpc) is 2.39. The van der Waals surface area contributed by atoms with Gasteiger partial charge in [-0.25, -0.2) is 0 Å². The predicted octanol–water partition coefficient (Wildman–Crippen LogP) is 1.90. The van der Waals surface area contributed by atoms with Gasteiger partial charge in [-0.2, -0.15) is 0 Å². The van der Waals surface area contributed by atoms with Crippen molar-refractivity contribution in [3.05, 3.63) is 0 Å². The van der Waals surface area contributed by atoms with Crippen molar-refractivity contribution >= 4 is 0 Å². The van der Waals surface area contributed by atoms with Crippen molar-refractivity contribution in [3.8, 4) is 12.3 Å².